The maximum Gasteiger partial charge on any atom is 0.203 e. The lowest BCUT2D eigenvalue weighted by Crippen LogP contribution is -2.10. The van der Waals surface area contributed by atoms with Gasteiger partial charge in [0.2, 0.25) is 5.75 Å². The van der Waals surface area contributed by atoms with E-state index in [4.69, 9.17) is 23.7 Å². The predicted molar refractivity (Wildman–Crippen MR) is 106 cm³/mol. The lowest BCUT2D eigenvalue weighted by atomic mass is 9.85. The number of methoxy groups -OCH3 is 4. The summed E-state index contributed by atoms with van der Waals surface area (Å²) in [6, 6.07) is 9.41. The molecule has 1 aliphatic heterocycles. The van der Waals surface area contributed by atoms with Gasteiger partial charge >= 0.3 is 0 Å². The molecule has 1 saturated heterocycles. The Balaban J connectivity index is 1.94. The maximum atomic E-state index is 10.3. The highest BCUT2D eigenvalue weighted by Crippen LogP contribution is 2.51. The Morgan fingerprint density at radius 1 is 0.714 bits per heavy atom. The Labute approximate surface area is 165 Å². The Bertz CT molecular complexity index is 834. The van der Waals surface area contributed by atoms with Gasteiger partial charge in [-0.1, -0.05) is 19.9 Å². The monoisotopic (exact) mass is 388 g/mol. The van der Waals surface area contributed by atoms with Crippen molar-refractivity contribution in [2.45, 2.75) is 26.1 Å². The van der Waals surface area contributed by atoms with Crippen LogP contribution in [-0.4, -0.2) is 33.5 Å². The van der Waals surface area contributed by atoms with Crippen LogP contribution in [0.5, 0.6) is 28.7 Å². The van der Waals surface area contributed by atoms with E-state index in [0.29, 0.717) is 23.0 Å². The number of benzene rings is 2. The molecule has 1 N–H and O–H groups in total. The first-order valence-electron chi connectivity index (χ1n) is 9.27. The van der Waals surface area contributed by atoms with Gasteiger partial charge in [0.05, 0.1) is 40.6 Å². The van der Waals surface area contributed by atoms with Crippen molar-refractivity contribution < 1.29 is 28.8 Å². The molecule has 0 saturated carbocycles. The minimum absolute atomic E-state index is 0.0369. The van der Waals surface area contributed by atoms with E-state index in [9.17, 15) is 5.11 Å². The minimum atomic E-state index is -0.182. The van der Waals surface area contributed by atoms with Gasteiger partial charge in [0, 0.05) is 0 Å². The average molecular weight is 388 g/mol. The van der Waals surface area contributed by atoms with Crippen molar-refractivity contribution >= 4 is 0 Å². The highest BCUT2D eigenvalue weighted by molar-refractivity contribution is 5.53. The second kappa shape index (κ2) is 8.19. The lowest BCUT2D eigenvalue weighted by Gasteiger charge is -2.19. The minimum Gasteiger partial charge on any atom is -0.504 e. The van der Waals surface area contributed by atoms with Crippen molar-refractivity contribution in [1.29, 1.82) is 0 Å². The van der Waals surface area contributed by atoms with Crippen LogP contribution >= 0.6 is 0 Å². The number of phenols is 1. The van der Waals surface area contributed by atoms with Gasteiger partial charge in [-0.3, -0.25) is 0 Å². The standard InChI is InChI=1S/C22H28O6/c1-12-13(2)21(15-9-16(23)22(27-6)19(11-15)26-5)28-20(12)14-7-8-17(24-3)18(10-14)25-4/h7-13,20-21,23H,1-6H3/t12-,13-,20+,21-/m0/s1. The van der Waals surface area contributed by atoms with E-state index in [1.807, 2.05) is 24.3 Å². The quantitative estimate of drug-likeness (QED) is 0.785. The van der Waals surface area contributed by atoms with Crippen molar-refractivity contribution in [2.75, 3.05) is 28.4 Å². The summed E-state index contributed by atoms with van der Waals surface area (Å²) in [6.45, 7) is 4.33. The predicted octanol–water partition coefficient (Wildman–Crippen LogP) is 4.51. The number of aromatic hydroxyl groups is 1. The number of phenolic OH excluding ortho intramolecular Hbond substituents is 1. The molecule has 4 atom stereocenters. The molecule has 0 amide bonds. The summed E-state index contributed by atoms with van der Waals surface area (Å²) < 4.78 is 27.8. The van der Waals surface area contributed by atoms with Gasteiger partial charge < -0.3 is 28.8 Å². The van der Waals surface area contributed by atoms with Crippen LogP contribution in [0.2, 0.25) is 0 Å². The zero-order valence-electron chi connectivity index (χ0n) is 17.2. The van der Waals surface area contributed by atoms with Gasteiger partial charge in [0.15, 0.2) is 23.0 Å². The SMILES string of the molecule is COc1ccc([C@@H]2O[C@H](c3cc(O)c(OC)c(OC)c3)[C@@H](C)[C@@H]2C)cc1OC. The van der Waals surface area contributed by atoms with E-state index in [1.165, 1.54) is 7.11 Å². The maximum absolute atomic E-state index is 10.3. The third-order valence-corrected chi connectivity index (χ3v) is 5.62. The number of ether oxygens (including phenoxy) is 5. The number of hydrogen-bond acceptors (Lipinski definition) is 6. The second-order valence-corrected chi connectivity index (χ2v) is 7.09. The molecule has 2 aromatic rings. The molecule has 0 radical (unpaired) electrons. The third-order valence-electron chi connectivity index (χ3n) is 5.62. The molecular formula is C22H28O6. The van der Waals surface area contributed by atoms with Crippen molar-refractivity contribution in [3.8, 4) is 28.7 Å². The summed E-state index contributed by atoms with van der Waals surface area (Å²) in [4.78, 5) is 0. The summed E-state index contributed by atoms with van der Waals surface area (Å²) in [5.74, 6) is 2.70. The zero-order chi connectivity index (χ0) is 20.4. The summed E-state index contributed by atoms with van der Waals surface area (Å²) in [6.07, 6.45) is -0.283. The lowest BCUT2D eigenvalue weighted by molar-refractivity contribution is 0.0286. The molecule has 6 heteroatoms. The first kappa shape index (κ1) is 20.1. The fourth-order valence-electron chi connectivity index (χ4n) is 3.88. The molecule has 0 unspecified atom stereocenters. The summed E-state index contributed by atoms with van der Waals surface area (Å²) in [5.41, 5.74) is 1.89. The number of rotatable bonds is 6. The Morgan fingerprint density at radius 3 is 1.86 bits per heavy atom. The van der Waals surface area contributed by atoms with Gasteiger partial charge in [-0.15, -0.1) is 0 Å². The Kier molecular flexibility index (Phi) is 5.89. The van der Waals surface area contributed by atoms with E-state index in [0.717, 1.165) is 11.1 Å². The molecule has 0 bridgehead atoms. The molecule has 1 heterocycles. The van der Waals surface area contributed by atoms with Crippen LogP contribution in [0.3, 0.4) is 0 Å². The van der Waals surface area contributed by atoms with E-state index < -0.39 is 0 Å². The van der Waals surface area contributed by atoms with Gasteiger partial charge in [-0.2, -0.15) is 0 Å². The fraction of sp³-hybridized carbons (Fsp3) is 0.455. The third kappa shape index (κ3) is 3.44. The fourth-order valence-corrected chi connectivity index (χ4v) is 3.88. The molecule has 0 aliphatic carbocycles. The Hall–Kier alpha value is -2.60. The zero-order valence-corrected chi connectivity index (χ0v) is 17.2. The van der Waals surface area contributed by atoms with Crippen LogP contribution in [-0.2, 0) is 4.74 Å². The van der Waals surface area contributed by atoms with Gasteiger partial charge in [-0.25, -0.2) is 0 Å². The topological polar surface area (TPSA) is 66.4 Å². The van der Waals surface area contributed by atoms with Crippen molar-refractivity contribution in [3.63, 3.8) is 0 Å². The molecular weight excluding hydrogens is 360 g/mol. The molecule has 3 rings (SSSR count). The average Bonchev–Trinajstić information content (AvgIpc) is 3.01. The largest absolute Gasteiger partial charge is 0.504 e. The van der Waals surface area contributed by atoms with Gasteiger partial charge in [-0.05, 0) is 47.2 Å². The van der Waals surface area contributed by atoms with Crippen LogP contribution in [0.25, 0.3) is 0 Å². The molecule has 0 aromatic heterocycles. The molecule has 28 heavy (non-hydrogen) atoms. The first-order valence-corrected chi connectivity index (χ1v) is 9.27. The molecule has 2 aromatic carbocycles. The molecule has 1 fully saturated rings. The van der Waals surface area contributed by atoms with E-state index in [-0.39, 0.29) is 29.8 Å². The molecule has 1 aliphatic rings. The smallest absolute Gasteiger partial charge is 0.203 e. The molecule has 6 nitrogen and oxygen atoms in total. The van der Waals surface area contributed by atoms with Crippen LogP contribution in [0.15, 0.2) is 30.3 Å². The molecule has 152 valence electrons. The summed E-state index contributed by atoms with van der Waals surface area (Å²) in [7, 11) is 6.29. The second-order valence-electron chi connectivity index (χ2n) is 7.09. The number of hydrogen-bond donors (Lipinski definition) is 1. The molecule has 0 spiro atoms. The van der Waals surface area contributed by atoms with Crippen molar-refractivity contribution in [1.82, 2.24) is 0 Å². The van der Waals surface area contributed by atoms with Crippen molar-refractivity contribution in [3.05, 3.63) is 41.5 Å². The van der Waals surface area contributed by atoms with Crippen LogP contribution in [0.1, 0.15) is 37.2 Å². The highest BCUT2D eigenvalue weighted by atomic mass is 16.5. The van der Waals surface area contributed by atoms with Gasteiger partial charge in [0.25, 0.3) is 0 Å². The van der Waals surface area contributed by atoms with Crippen molar-refractivity contribution in [2.24, 2.45) is 11.8 Å². The summed E-state index contributed by atoms with van der Waals surface area (Å²) >= 11 is 0. The highest BCUT2D eigenvalue weighted by Gasteiger charge is 2.41. The van der Waals surface area contributed by atoms with E-state index in [1.54, 1.807) is 27.4 Å². The first-order chi connectivity index (χ1) is 13.4. The van der Waals surface area contributed by atoms with E-state index >= 15 is 0 Å². The Morgan fingerprint density at radius 2 is 1.29 bits per heavy atom. The van der Waals surface area contributed by atoms with Gasteiger partial charge in [0.1, 0.15) is 0 Å². The van der Waals surface area contributed by atoms with Crippen LogP contribution in [0, 0.1) is 11.8 Å². The van der Waals surface area contributed by atoms with Crippen LogP contribution in [0.4, 0.5) is 0 Å². The normalized spacial score (nSPS) is 24.1. The van der Waals surface area contributed by atoms with Crippen LogP contribution < -0.4 is 18.9 Å². The van der Waals surface area contributed by atoms with E-state index in [2.05, 4.69) is 13.8 Å². The summed E-state index contributed by atoms with van der Waals surface area (Å²) in [5, 5.41) is 10.3.